The molecule has 0 aliphatic heterocycles. The van der Waals surface area contributed by atoms with Crippen molar-refractivity contribution in [2.24, 2.45) is 0 Å². The van der Waals surface area contributed by atoms with E-state index in [0.29, 0.717) is 0 Å². The van der Waals surface area contributed by atoms with Gasteiger partial charge >= 0.3 is 0 Å². The highest BCUT2D eigenvalue weighted by molar-refractivity contribution is 7.27. The summed E-state index contributed by atoms with van der Waals surface area (Å²) in [6.45, 7) is 0. The van der Waals surface area contributed by atoms with Crippen LogP contribution in [-0.4, -0.2) is 4.57 Å². The molecule has 2 heterocycles. The van der Waals surface area contributed by atoms with Crippen LogP contribution in [0.5, 0.6) is 0 Å². The van der Waals surface area contributed by atoms with E-state index in [0.717, 1.165) is 0 Å². The lowest BCUT2D eigenvalue weighted by molar-refractivity contribution is 0.792. The van der Waals surface area contributed by atoms with Gasteiger partial charge in [0.1, 0.15) is 0 Å². The van der Waals surface area contributed by atoms with Crippen molar-refractivity contribution in [2.45, 2.75) is 5.41 Å². The number of rotatable bonds is 1. The molecule has 2 aromatic heterocycles. The number of hydrogen-bond donors (Lipinski definition) is 0. The van der Waals surface area contributed by atoms with Crippen LogP contribution in [0.2, 0.25) is 0 Å². The van der Waals surface area contributed by atoms with Crippen molar-refractivity contribution in [3.05, 3.63) is 198 Å². The van der Waals surface area contributed by atoms with Crippen LogP contribution in [0.15, 0.2) is 176 Å². The molecule has 0 fully saturated rings. The first kappa shape index (κ1) is 28.1. The Kier molecular flexibility index (Phi) is 5.25. The first-order chi connectivity index (χ1) is 26.3. The fourth-order valence-electron chi connectivity index (χ4n) is 10.4. The third kappa shape index (κ3) is 3.30. The molecule has 53 heavy (non-hydrogen) atoms. The van der Waals surface area contributed by atoms with E-state index in [1.54, 1.807) is 0 Å². The summed E-state index contributed by atoms with van der Waals surface area (Å²) in [5, 5.41) is 10.5. The lowest BCUT2D eigenvalue weighted by Gasteiger charge is -2.30. The zero-order valence-corrected chi connectivity index (χ0v) is 29.4. The standard InChI is InChI=1S/C51H29NS/c1-2-14-32-30(13-1)25-27-40-46-37-18-3-4-19-38(37)47-39-20-8-12-24-45(39)53-50(47)49(46)52(48(32)40)31-26-28-36-35-17-7-11-23-43(35)51(44(36)29-31)41-21-9-5-15-33(41)34-16-6-10-22-42(34)51/h1-29H. The summed E-state index contributed by atoms with van der Waals surface area (Å²) in [4.78, 5) is 0. The van der Waals surface area contributed by atoms with Gasteiger partial charge in [-0.1, -0.05) is 158 Å². The Morgan fingerprint density at radius 2 is 0.925 bits per heavy atom. The predicted molar refractivity (Wildman–Crippen MR) is 225 cm³/mol. The Hall–Kier alpha value is -6.48. The summed E-state index contributed by atoms with van der Waals surface area (Å²) >= 11 is 1.93. The van der Waals surface area contributed by atoms with E-state index >= 15 is 0 Å². The second-order valence-corrected chi connectivity index (χ2v) is 15.8. The molecule has 0 saturated heterocycles. The van der Waals surface area contributed by atoms with Gasteiger partial charge in [0.05, 0.1) is 21.1 Å². The molecule has 1 spiro atoms. The molecule has 13 rings (SSSR count). The van der Waals surface area contributed by atoms with Crippen molar-refractivity contribution >= 4 is 74.9 Å². The second-order valence-electron chi connectivity index (χ2n) is 14.7. The van der Waals surface area contributed by atoms with E-state index in [1.165, 1.54) is 114 Å². The van der Waals surface area contributed by atoms with Gasteiger partial charge in [0.2, 0.25) is 0 Å². The van der Waals surface area contributed by atoms with Gasteiger partial charge in [-0.15, -0.1) is 11.3 Å². The van der Waals surface area contributed by atoms with Crippen molar-refractivity contribution in [1.82, 2.24) is 4.57 Å². The number of thiophene rings is 1. The number of benzene rings is 9. The fraction of sp³-hybridized carbons (Fsp3) is 0.0196. The number of fused-ring (bicyclic) bond motifs is 22. The van der Waals surface area contributed by atoms with E-state index in [4.69, 9.17) is 0 Å². The molecule has 0 amide bonds. The highest BCUT2D eigenvalue weighted by atomic mass is 32.1. The molecule has 0 N–H and O–H groups in total. The Labute approximate surface area is 309 Å². The molecule has 11 aromatic rings. The highest BCUT2D eigenvalue weighted by Crippen LogP contribution is 2.63. The monoisotopic (exact) mass is 687 g/mol. The molecule has 9 aromatic carbocycles. The van der Waals surface area contributed by atoms with E-state index in [2.05, 4.69) is 180 Å². The van der Waals surface area contributed by atoms with Crippen LogP contribution < -0.4 is 0 Å². The van der Waals surface area contributed by atoms with Gasteiger partial charge in [-0.25, -0.2) is 0 Å². The zero-order chi connectivity index (χ0) is 34.4. The van der Waals surface area contributed by atoms with Crippen LogP contribution >= 0.6 is 11.3 Å². The van der Waals surface area contributed by atoms with Crippen molar-refractivity contribution < 1.29 is 0 Å². The van der Waals surface area contributed by atoms with Gasteiger partial charge in [-0.3, -0.25) is 0 Å². The molecule has 0 unspecified atom stereocenters. The third-order valence-corrected chi connectivity index (χ3v) is 13.5. The summed E-state index contributed by atoms with van der Waals surface area (Å²) in [6.07, 6.45) is 0. The minimum absolute atomic E-state index is 0.407. The van der Waals surface area contributed by atoms with Crippen LogP contribution in [0.3, 0.4) is 0 Å². The van der Waals surface area contributed by atoms with Gasteiger partial charge in [0.15, 0.2) is 0 Å². The quantitative estimate of drug-likeness (QED) is 0.162. The molecule has 1 nitrogen and oxygen atoms in total. The Morgan fingerprint density at radius 3 is 1.62 bits per heavy atom. The topological polar surface area (TPSA) is 4.93 Å². The summed E-state index contributed by atoms with van der Waals surface area (Å²) in [6, 6.07) is 66.3. The molecule has 2 heteroatoms. The summed E-state index contributed by atoms with van der Waals surface area (Å²) in [7, 11) is 0. The van der Waals surface area contributed by atoms with Crippen molar-refractivity contribution in [1.29, 1.82) is 0 Å². The molecule has 2 aliphatic rings. The van der Waals surface area contributed by atoms with Crippen molar-refractivity contribution in [3.8, 4) is 27.9 Å². The van der Waals surface area contributed by atoms with E-state index < -0.39 is 5.41 Å². The summed E-state index contributed by atoms with van der Waals surface area (Å²) in [5.41, 5.74) is 14.1. The van der Waals surface area contributed by atoms with E-state index in [-0.39, 0.29) is 0 Å². The SMILES string of the molecule is c1ccc2c(c1)-c1ccccc1C21c2ccccc2-c2ccc(-n3c4c5ccccc5ccc4c4c5ccccc5c5c6ccccc6sc5c43)cc21. The van der Waals surface area contributed by atoms with Gasteiger partial charge in [-0.2, -0.15) is 0 Å². The van der Waals surface area contributed by atoms with Gasteiger partial charge in [0, 0.05) is 37.3 Å². The largest absolute Gasteiger partial charge is 0.307 e. The molecule has 0 radical (unpaired) electrons. The fourth-order valence-corrected chi connectivity index (χ4v) is 11.7. The van der Waals surface area contributed by atoms with Crippen LogP contribution in [0.1, 0.15) is 22.3 Å². The molecule has 0 atom stereocenters. The minimum atomic E-state index is -0.407. The van der Waals surface area contributed by atoms with Gasteiger partial charge in [0.25, 0.3) is 0 Å². The average molecular weight is 688 g/mol. The molecule has 244 valence electrons. The number of hydrogen-bond acceptors (Lipinski definition) is 1. The van der Waals surface area contributed by atoms with Crippen molar-refractivity contribution in [3.63, 3.8) is 0 Å². The normalized spacial score (nSPS) is 13.8. The van der Waals surface area contributed by atoms with Gasteiger partial charge < -0.3 is 4.57 Å². The van der Waals surface area contributed by atoms with Crippen molar-refractivity contribution in [2.75, 3.05) is 0 Å². The molecular formula is C51H29NS. The minimum Gasteiger partial charge on any atom is -0.307 e. The number of nitrogens with zero attached hydrogens (tertiary/aromatic N) is 1. The predicted octanol–water partition coefficient (Wildman–Crippen LogP) is 13.8. The lowest BCUT2D eigenvalue weighted by atomic mass is 9.70. The van der Waals surface area contributed by atoms with Crippen LogP contribution in [0.4, 0.5) is 0 Å². The maximum atomic E-state index is 2.63. The third-order valence-electron chi connectivity index (χ3n) is 12.4. The first-order valence-corrected chi connectivity index (χ1v) is 19.3. The Morgan fingerprint density at radius 1 is 0.377 bits per heavy atom. The molecule has 0 saturated carbocycles. The summed E-state index contributed by atoms with van der Waals surface area (Å²) in [5.74, 6) is 0. The molecule has 0 bridgehead atoms. The zero-order valence-electron chi connectivity index (χ0n) is 28.6. The van der Waals surface area contributed by atoms with Crippen LogP contribution in [-0.2, 0) is 5.41 Å². The smallest absolute Gasteiger partial charge is 0.0726 e. The van der Waals surface area contributed by atoms with Gasteiger partial charge in [-0.05, 0) is 78.9 Å². The maximum absolute atomic E-state index is 2.63. The number of aromatic nitrogens is 1. The first-order valence-electron chi connectivity index (χ1n) is 18.4. The Bertz CT molecular complexity index is 3350. The molecule has 2 aliphatic carbocycles. The lowest BCUT2D eigenvalue weighted by Crippen LogP contribution is -2.26. The highest BCUT2D eigenvalue weighted by Gasteiger charge is 2.51. The van der Waals surface area contributed by atoms with Crippen LogP contribution in [0.25, 0.3) is 91.5 Å². The average Bonchev–Trinajstić information content (AvgIpc) is 3.95. The van der Waals surface area contributed by atoms with Crippen LogP contribution in [0, 0.1) is 0 Å². The summed E-state index contributed by atoms with van der Waals surface area (Å²) < 4.78 is 5.29. The second kappa shape index (κ2) is 9.89. The van der Waals surface area contributed by atoms with E-state index in [9.17, 15) is 0 Å². The molecular weight excluding hydrogens is 659 g/mol. The Balaban J connectivity index is 1.25. The van der Waals surface area contributed by atoms with E-state index in [1.807, 2.05) is 11.3 Å². The maximum Gasteiger partial charge on any atom is 0.0726 e.